The molecular weight excluding hydrogens is 277 g/mol. The van der Waals surface area contributed by atoms with Crippen LogP contribution in [0.5, 0.6) is 5.75 Å². The number of methoxy groups -OCH3 is 2. The van der Waals surface area contributed by atoms with E-state index in [0.29, 0.717) is 0 Å². The first-order chi connectivity index (χ1) is 8.75. The second-order valence-corrected chi connectivity index (χ2v) is 5.88. The zero-order chi connectivity index (χ0) is 14.8. The van der Waals surface area contributed by atoms with Crippen LogP contribution in [-0.4, -0.2) is 47.0 Å². The molecule has 0 fully saturated rings. The molecule has 0 spiro atoms. The minimum atomic E-state index is -4.00. The highest BCUT2D eigenvalue weighted by molar-refractivity contribution is 7.89. The molecule has 0 radical (unpaired) electrons. The summed E-state index contributed by atoms with van der Waals surface area (Å²) >= 11 is 0. The van der Waals surface area contributed by atoms with Gasteiger partial charge in [-0.05, 0) is 6.07 Å². The maximum Gasteiger partial charge on any atom is 0.341 e. The Balaban J connectivity index is 3.57. The lowest BCUT2D eigenvalue weighted by Gasteiger charge is -2.14. The molecule has 0 aliphatic rings. The average molecular weight is 291 g/mol. The van der Waals surface area contributed by atoms with Crippen LogP contribution in [0.15, 0.2) is 17.0 Å². The van der Waals surface area contributed by atoms with E-state index in [1.165, 1.54) is 21.2 Å². The van der Waals surface area contributed by atoms with Crippen molar-refractivity contribution in [2.45, 2.75) is 4.90 Å². The molecule has 0 unspecified atom stereocenters. The van der Waals surface area contributed by atoms with Crippen LogP contribution in [0.3, 0.4) is 0 Å². The van der Waals surface area contributed by atoms with Crippen molar-refractivity contribution in [2.75, 3.05) is 28.3 Å². The van der Waals surface area contributed by atoms with Gasteiger partial charge in [-0.1, -0.05) is 0 Å². The number of carbonyl (C=O) groups excluding carboxylic acids is 1. The molecule has 6 nitrogen and oxygen atoms in total. The van der Waals surface area contributed by atoms with Crippen LogP contribution in [0.2, 0.25) is 0 Å². The molecule has 19 heavy (non-hydrogen) atoms. The van der Waals surface area contributed by atoms with Gasteiger partial charge in [-0.15, -0.1) is 0 Å². The molecule has 0 amide bonds. The first-order valence-electron chi connectivity index (χ1n) is 5.14. The molecule has 0 saturated heterocycles. The topological polar surface area (TPSA) is 72.9 Å². The molecule has 0 aromatic heterocycles. The van der Waals surface area contributed by atoms with Crippen molar-refractivity contribution in [3.05, 3.63) is 23.5 Å². The lowest BCUT2D eigenvalue weighted by molar-refractivity contribution is 0.0596. The van der Waals surface area contributed by atoms with Crippen LogP contribution in [0.4, 0.5) is 4.39 Å². The fourth-order valence-electron chi connectivity index (χ4n) is 1.37. The zero-order valence-corrected chi connectivity index (χ0v) is 11.7. The van der Waals surface area contributed by atoms with Crippen LogP contribution < -0.4 is 4.74 Å². The second-order valence-electron chi connectivity index (χ2n) is 3.76. The van der Waals surface area contributed by atoms with E-state index in [1.807, 2.05) is 0 Å². The highest BCUT2D eigenvalue weighted by Crippen LogP contribution is 2.27. The Hall–Kier alpha value is -1.67. The molecule has 0 atom stereocenters. The van der Waals surface area contributed by atoms with Crippen LogP contribution in [0.25, 0.3) is 0 Å². The third kappa shape index (κ3) is 2.85. The fourth-order valence-corrected chi connectivity index (χ4v) is 2.33. The van der Waals surface area contributed by atoms with E-state index in [-0.39, 0.29) is 11.3 Å². The number of nitrogens with zero attached hydrogens (tertiary/aromatic N) is 1. The van der Waals surface area contributed by atoms with Gasteiger partial charge >= 0.3 is 5.97 Å². The van der Waals surface area contributed by atoms with Crippen molar-refractivity contribution in [1.29, 1.82) is 0 Å². The Bertz CT molecular complexity index is 597. The molecule has 0 bridgehead atoms. The van der Waals surface area contributed by atoms with Gasteiger partial charge in [0.1, 0.15) is 22.0 Å². The van der Waals surface area contributed by atoms with Gasteiger partial charge in [0.2, 0.25) is 10.0 Å². The summed E-state index contributed by atoms with van der Waals surface area (Å²) in [4.78, 5) is 10.9. The summed E-state index contributed by atoms with van der Waals surface area (Å²) in [6.07, 6.45) is 0. The fraction of sp³-hybridized carbons (Fsp3) is 0.364. The molecule has 1 aromatic carbocycles. The van der Waals surface area contributed by atoms with Crippen LogP contribution in [-0.2, 0) is 14.8 Å². The first kappa shape index (κ1) is 15.4. The number of esters is 1. The van der Waals surface area contributed by atoms with Gasteiger partial charge in [0, 0.05) is 20.2 Å². The Morgan fingerprint density at radius 3 is 2.26 bits per heavy atom. The Kier molecular flexibility index (Phi) is 4.48. The van der Waals surface area contributed by atoms with Gasteiger partial charge in [0.05, 0.1) is 14.2 Å². The highest BCUT2D eigenvalue weighted by atomic mass is 32.2. The summed E-state index contributed by atoms with van der Waals surface area (Å²) in [6, 6.07) is 1.73. The van der Waals surface area contributed by atoms with Gasteiger partial charge in [0.25, 0.3) is 0 Å². The van der Waals surface area contributed by atoms with E-state index in [0.717, 1.165) is 23.5 Å². The summed E-state index contributed by atoms with van der Waals surface area (Å²) < 4.78 is 47.8. The molecule has 0 saturated carbocycles. The smallest absolute Gasteiger partial charge is 0.341 e. The van der Waals surface area contributed by atoms with Crippen molar-refractivity contribution in [2.24, 2.45) is 0 Å². The van der Waals surface area contributed by atoms with Gasteiger partial charge in [-0.2, -0.15) is 0 Å². The van der Waals surface area contributed by atoms with E-state index >= 15 is 0 Å². The number of hydrogen-bond donors (Lipinski definition) is 0. The van der Waals surface area contributed by atoms with Crippen molar-refractivity contribution in [1.82, 2.24) is 4.31 Å². The average Bonchev–Trinajstić information content (AvgIpc) is 2.36. The minimum Gasteiger partial charge on any atom is -0.496 e. The summed E-state index contributed by atoms with van der Waals surface area (Å²) in [5.41, 5.74) is -0.160. The lowest BCUT2D eigenvalue weighted by atomic mass is 10.2. The molecule has 0 heterocycles. The number of ether oxygens (including phenoxy) is 2. The molecule has 0 N–H and O–H groups in total. The summed E-state index contributed by atoms with van der Waals surface area (Å²) in [7, 11) is 0.887. The predicted octanol–water partition coefficient (Wildman–Crippen LogP) is 0.871. The van der Waals surface area contributed by atoms with Gasteiger partial charge in [-0.3, -0.25) is 0 Å². The van der Waals surface area contributed by atoms with Crippen LogP contribution in [0, 0.1) is 5.82 Å². The number of rotatable bonds is 4. The normalized spacial score (nSPS) is 11.5. The number of benzene rings is 1. The third-order valence-corrected chi connectivity index (χ3v) is 4.25. The monoisotopic (exact) mass is 291 g/mol. The quantitative estimate of drug-likeness (QED) is 0.770. The maximum atomic E-state index is 13.8. The van der Waals surface area contributed by atoms with E-state index in [1.54, 1.807) is 0 Å². The Morgan fingerprint density at radius 2 is 1.84 bits per heavy atom. The molecule has 106 valence electrons. The van der Waals surface area contributed by atoms with E-state index in [2.05, 4.69) is 4.74 Å². The van der Waals surface area contributed by atoms with Crippen LogP contribution in [0.1, 0.15) is 10.4 Å². The number of halogens is 1. The summed E-state index contributed by atoms with van der Waals surface area (Å²) in [5, 5.41) is 0. The largest absolute Gasteiger partial charge is 0.496 e. The predicted molar refractivity (Wildman–Crippen MR) is 65.2 cm³/mol. The third-order valence-electron chi connectivity index (χ3n) is 2.42. The van der Waals surface area contributed by atoms with Gasteiger partial charge in [0.15, 0.2) is 0 Å². The lowest BCUT2D eigenvalue weighted by Crippen LogP contribution is -2.24. The van der Waals surface area contributed by atoms with Gasteiger partial charge < -0.3 is 9.47 Å². The van der Waals surface area contributed by atoms with Crippen molar-refractivity contribution in [3.8, 4) is 5.75 Å². The molecule has 1 rings (SSSR count). The number of sulfonamides is 1. The number of hydrogen-bond acceptors (Lipinski definition) is 5. The van der Waals surface area contributed by atoms with E-state index in [9.17, 15) is 17.6 Å². The maximum absolute atomic E-state index is 13.8. The van der Waals surface area contributed by atoms with Crippen molar-refractivity contribution in [3.63, 3.8) is 0 Å². The zero-order valence-electron chi connectivity index (χ0n) is 10.9. The minimum absolute atomic E-state index is 0.0953. The first-order valence-corrected chi connectivity index (χ1v) is 6.58. The highest BCUT2D eigenvalue weighted by Gasteiger charge is 2.26. The standard InChI is InChI=1S/C11H14FNO5S/c1-13(2)19(15,16)10-5-7(11(14)18-4)9(17-3)6-8(10)12/h5-6H,1-4H3. The second kappa shape index (κ2) is 5.54. The van der Waals surface area contributed by atoms with Gasteiger partial charge in [-0.25, -0.2) is 21.9 Å². The van der Waals surface area contributed by atoms with Crippen LogP contribution >= 0.6 is 0 Å². The summed E-state index contributed by atoms with van der Waals surface area (Å²) in [5.74, 6) is -1.91. The number of carbonyl (C=O) groups is 1. The van der Waals surface area contributed by atoms with E-state index in [4.69, 9.17) is 4.74 Å². The molecule has 8 heteroatoms. The summed E-state index contributed by atoms with van der Waals surface area (Å²) in [6.45, 7) is 0. The SMILES string of the molecule is COC(=O)c1cc(S(=O)(=O)N(C)C)c(F)cc1OC. The molecule has 0 aliphatic carbocycles. The molecular formula is C11H14FNO5S. The molecule has 1 aromatic rings. The molecule has 0 aliphatic heterocycles. The van der Waals surface area contributed by atoms with Crippen molar-refractivity contribution >= 4 is 16.0 Å². The van der Waals surface area contributed by atoms with E-state index < -0.39 is 26.7 Å². The Morgan fingerprint density at radius 1 is 1.26 bits per heavy atom. The Labute approximate surface area is 110 Å². The van der Waals surface area contributed by atoms with Crippen molar-refractivity contribution < 1.29 is 27.1 Å².